The van der Waals surface area contributed by atoms with Gasteiger partial charge < -0.3 is 4.74 Å². The highest BCUT2D eigenvalue weighted by atomic mass is 19.3. The molecule has 0 spiro atoms. The minimum atomic E-state index is -3.34. The Bertz CT molecular complexity index is 757. The third-order valence-electron chi connectivity index (χ3n) is 5.44. The molecule has 2 aromatic carbocycles. The van der Waals surface area contributed by atoms with Crippen LogP contribution in [0, 0.1) is 17.7 Å². The Morgan fingerprint density at radius 3 is 2.07 bits per heavy atom. The van der Waals surface area contributed by atoms with Crippen molar-refractivity contribution in [2.45, 2.75) is 51.6 Å². The molecular weight excluding hydrogens is 361 g/mol. The SMILES string of the molecule is CCCC1CCC(C=CC(F)(F)Oc2ccc(-c3ccc(F)cc3)cc2)CC1. The number of alkyl halides is 2. The molecule has 0 unspecified atom stereocenters. The van der Waals surface area contributed by atoms with Gasteiger partial charge in [-0.2, -0.15) is 8.78 Å². The smallest absolute Gasteiger partial charge is 0.419 e. The first-order valence-corrected chi connectivity index (χ1v) is 10.1. The summed E-state index contributed by atoms with van der Waals surface area (Å²) in [4.78, 5) is 0. The highest BCUT2D eigenvalue weighted by Crippen LogP contribution is 2.33. The van der Waals surface area contributed by atoms with Gasteiger partial charge in [0.15, 0.2) is 0 Å². The molecule has 0 radical (unpaired) electrons. The third kappa shape index (κ3) is 5.88. The van der Waals surface area contributed by atoms with Crippen LogP contribution in [0.25, 0.3) is 11.1 Å². The summed E-state index contributed by atoms with van der Waals surface area (Å²) in [6.07, 6.45) is 5.81. The van der Waals surface area contributed by atoms with Crippen LogP contribution in [0.4, 0.5) is 13.2 Å². The molecule has 0 amide bonds. The van der Waals surface area contributed by atoms with Crippen LogP contribution in [-0.4, -0.2) is 6.11 Å². The molecule has 1 nitrogen and oxygen atoms in total. The summed E-state index contributed by atoms with van der Waals surface area (Å²) in [6, 6.07) is 12.4. The summed E-state index contributed by atoms with van der Waals surface area (Å²) >= 11 is 0. The van der Waals surface area contributed by atoms with Crippen molar-refractivity contribution in [2.75, 3.05) is 0 Å². The van der Waals surface area contributed by atoms with E-state index >= 15 is 0 Å². The van der Waals surface area contributed by atoms with E-state index in [0.717, 1.165) is 48.8 Å². The maximum absolute atomic E-state index is 14.2. The Morgan fingerprint density at radius 2 is 1.50 bits per heavy atom. The quantitative estimate of drug-likeness (QED) is 0.443. The second kappa shape index (κ2) is 9.31. The van der Waals surface area contributed by atoms with Gasteiger partial charge in [-0.15, -0.1) is 0 Å². The van der Waals surface area contributed by atoms with Crippen molar-refractivity contribution in [3.8, 4) is 16.9 Å². The molecule has 1 aliphatic carbocycles. The zero-order chi connectivity index (χ0) is 20.0. The van der Waals surface area contributed by atoms with Crippen LogP contribution in [-0.2, 0) is 0 Å². The topological polar surface area (TPSA) is 9.23 Å². The summed E-state index contributed by atoms with van der Waals surface area (Å²) in [5.74, 6) is 0.760. The number of allylic oxidation sites excluding steroid dienone is 1. The lowest BCUT2D eigenvalue weighted by atomic mass is 9.80. The molecule has 0 N–H and O–H groups in total. The molecule has 28 heavy (non-hydrogen) atoms. The Balaban J connectivity index is 1.55. The summed E-state index contributed by atoms with van der Waals surface area (Å²) in [5.41, 5.74) is 1.63. The number of ether oxygens (including phenoxy) is 1. The second-order valence-corrected chi connectivity index (χ2v) is 7.62. The lowest BCUT2D eigenvalue weighted by Gasteiger charge is -2.26. The minimum Gasteiger partial charge on any atom is -0.429 e. The van der Waals surface area contributed by atoms with Gasteiger partial charge in [-0.1, -0.05) is 50.1 Å². The third-order valence-corrected chi connectivity index (χ3v) is 5.44. The van der Waals surface area contributed by atoms with Gasteiger partial charge in [0.2, 0.25) is 0 Å². The summed E-state index contributed by atoms with van der Waals surface area (Å²) in [6.45, 7) is 2.19. The van der Waals surface area contributed by atoms with Crippen LogP contribution in [0.2, 0.25) is 0 Å². The molecule has 4 heteroatoms. The number of hydrogen-bond acceptors (Lipinski definition) is 1. The lowest BCUT2D eigenvalue weighted by Crippen LogP contribution is -2.22. The fourth-order valence-corrected chi connectivity index (χ4v) is 3.87. The van der Waals surface area contributed by atoms with Crippen LogP contribution in [0.3, 0.4) is 0 Å². The van der Waals surface area contributed by atoms with Crippen molar-refractivity contribution in [1.29, 1.82) is 0 Å². The van der Waals surface area contributed by atoms with Gasteiger partial charge >= 0.3 is 6.11 Å². The fourth-order valence-electron chi connectivity index (χ4n) is 3.87. The number of halogens is 3. The average Bonchev–Trinajstić information content (AvgIpc) is 2.69. The van der Waals surface area contributed by atoms with Crippen LogP contribution >= 0.6 is 0 Å². The van der Waals surface area contributed by atoms with Gasteiger partial charge in [0, 0.05) is 6.08 Å². The summed E-state index contributed by atoms with van der Waals surface area (Å²) in [5, 5.41) is 0. The van der Waals surface area contributed by atoms with E-state index in [-0.39, 0.29) is 17.5 Å². The van der Waals surface area contributed by atoms with E-state index in [2.05, 4.69) is 6.92 Å². The average molecular weight is 388 g/mol. The molecule has 0 aromatic heterocycles. The van der Waals surface area contributed by atoms with Gasteiger partial charge in [0.05, 0.1) is 0 Å². The Morgan fingerprint density at radius 1 is 0.929 bits per heavy atom. The number of hydrogen-bond donors (Lipinski definition) is 0. The van der Waals surface area contributed by atoms with Crippen LogP contribution < -0.4 is 4.74 Å². The lowest BCUT2D eigenvalue weighted by molar-refractivity contribution is -0.132. The largest absolute Gasteiger partial charge is 0.429 e. The molecule has 1 fully saturated rings. The zero-order valence-electron chi connectivity index (χ0n) is 16.2. The Labute approximate surface area is 165 Å². The zero-order valence-corrected chi connectivity index (χ0v) is 16.2. The second-order valence-electron chi connectivity index (χ2n) is 7.62. The van der Waals surface area contributed by atoms with Crippen molar-refractivity contribution < 1.29 is 17.9 Å². The Kier molecular flexibility index (Phi) is 6.82. The first kappa shape index (κ1) is 20.5. The van der Waals surface area contributed by atoms with E-state index in [4.69, 9.17) is 4.74 Å². The maximum Gasteiger partial charge on any atom is 0.419 e. The van der Waals surface area contributed by atoms with Crippen molar-refractivity contribution in [3.05, 3.63) is 66.5 Å². The van der Waals surface area contributed by atoms with E-state index in [1.165, 1.54) is 37.1 Å². The van der Waals surface area contributed by atoms with E-state index in [0.29, 0.717) is 0 Å². The monoisotopic (exact) mass is 388 g/mol. The van der Waals surface area contributed by atoms with E-state index in [1.54, 1.807) is 30.3 Å². The number of benzene rings is 2. The van der Waals surface area contributed by atoms with Crippen molar-refractivity contribution in [2.24, 2.45) is 11.8 Å². The molecule has 3 rings (SSSR count). The predicted molar refractivity (Wildman–Crippen MR) is 107 cm³/mol. The molecule has 0 atom stereocenters. The van der Waals surface area contributed by atoms with Crippen LogP contribution in [0.15, 0.2) is 60.7 Å². The predicted octanol–water partition coefficient (Wildman–Crippen LogP) is 7.63. The van der Waals surface area contributed by atoms with Gasteiger partial charge in [-0.3, -0.25) is 0 Å². The van der Waals surface area contributed by atoms with E-state index < -0.39 is 6.11 Å². The number of rotatable bonds is 7. The first-order chi connectivity index (χ1) is 13.4. The van der Waals surface area contributed by atoms with Crippen molar-refractivity contribution in [3.63, 3.8) is 0 Å². The van der Waals surface area contributed by atoms with E-state index in [1.807, 2.05) is 0 Å². The molecule has 0 bridgehead atoms. The van der Waals surface area contributed by atoms with Gasteiger partial charge in [-0.25, -0.2) is 4.39 Å². The van der Waals surface area contributed by atoms with Crippen LogP contribution in [0.5, 0.6) is 5.75 Å². The molecule has 0 aliphatic heterocycles. The Hall–Kier alpha value is -2.23. The van der Waals surface area contributed by atoms with Crippen molar-refractivity contribution >= 4 is 0 Å². The molecule has 2 aromatic rings. The summed E-state index contributed by atoms with van der Waals surface area (Å²) in [7, 11) is 0. The van der Waals surface area contributed by atoms with Crippen molar-refractivity contribution in [1.82, 2.24) is 0 Å². The molecule has 0 saturated heterocycles. The molecule has 150 valence electrons. The molecule has 1 saturated carbocycles. The normalized spacial score (nSPS) is 20.4. The van der Waals surface area contributed by atoms with Crippen LogP contribution in [0.1, 0.15) is 45.4 Å². The van der Waals surface area contributed by atoms with E-state index in [9.17, 15) is 13.2 Å². The van der Waals surface area contributed by atoms with Gasteiger partial charge in [0.25, 0.3) is 0 Å². The highest BCUT2D eigenvalue weighted by Gasteiger charge is 2.29. The molecular formula is C24H27F3O. The highest BCUT2D eigenvalue weighted by molar-refractivity contribution is 5.64. The fraction of sp³-hybridized carbons (Fsp3) is 0.417. The first-order valence-electron chi connectivity index (χ1n) is 10.1. The van der Waals surface area contributed by atoms with Gasteiger partial charge in [-0.05, 0) is 72.9 Å². The molecule has 0 heterocycles. The van der Waals surface area contributed by atoms with Gasteiger partial charge in [0.1, 0.15) is 11.6 Å². The maximum atomic E-state index is 14.2. The minimum absolute atomic E-state index is 0.104. The standard InChI is InChI=1S/C24H27F3O/c1-2-3-18-4-6-19(7-5-18)16-17-24(26,27)28-23-14-10-21(11-15-23)20-8-12-22(25)13-9-20/h8-19H,2-7H2,1H3. The summed E-state index contributed by atoms with van der Waals surface area (Å²) < 4.78 is 46.2. The molecule has 1 aliphatic rings.